The van der Waals surface area contributed by atoms with Gasteiger partial charge in [-0.2, -0.15) is 0 Å². The number of thiazole rings is 1. The maximum atomic E-state index is 5.97. The summed E-state index contributed by atoms with van der Waals surface area (Å²) >= 11 is 1.66. The highest BCUT2D eigenvalue weighted by Gasteiger charge is 2.05. The van der Waals surface area contributed by atoms with Crippen LogP contribution >= 0.6 is 11.3 Å². The Balaban J connectivity index is 2.37. The van der Waals surface area contributed by atoms with Gasteiger partial charge in [-0.1, -0.05) is 12.2 Å². The van der Waals surface area contributed by atoms with Crippen LogP contribution in [0.2, 0.25) is 0 Å². The normalized spacial score (nSPS) is 10.6. The molecule has 0 spiro atoms. The minimum Gasteiger partial charge on any atom is -0.397 e. The number of anilines is 2. The first-order chi connectivity index (χ1) is 7.56. The number of nitrogens with two attached hydrogens (primary N) is 1. The topological polar surface area (TPSA) is 50.9 Å². The number of aryl methyl sites for hydroxylation is 1. The Labute approximate surface area is 99.0 Å². The zero-order valence-electron chi connectivity index (χ0n) is 9.50. The first-order valence-corrected chi connectivity index (χ1v) is 5.93. The molecule has 16 heavy (non-hydrogen) atoms. The van der Waals surface area contributed by atoms with Gasteiger partial charge in [-0.05, 0) is 26.0 Å². The second-order valence-corrected chi connectivity index (χ2v) is 5.19. The van der Waals surface area contributed by atoms with Crippen molar-refractivity contribution in [1.82, 2.24) is 4.98 Å². The average Bonchev–Trinajstić information content (AvgIpc) is 2.53. The number of hydrogen-bond donors (Lipinski definition) is 2. The number of aromatic nitrogens is 1. The van der Waals surface area contributed by atoms with E-state index in [9.17, 15) is 0 Å². The van der Waals surface area contributed by atoms with Crippen LogP contribution < -0.4 is 11.1 Å². The lowest BCUT2D eigenvalue weighted by Crippen LogP contribution is -2.04. The van der Waals surface area contributed by atoms with Crippen molar-refractivity contribution in [2.45, 2.75) is 13.8 Å². The molecule has 1 aromatic carbocycles. The van der Waals surface area contributed by atoms with E-state index >= 15 is 0 Å². The van der Waals surface area contributed by atoms with Gasteiger partial charge in [-0.25, -0.2) is 4.98 Å². The van der Waals surface area contributed by atoms with E-state index in [1.54, 1.807) is 11.3 Å². The fourth-order valence-corrected chi connectivity index (χ4v) is 2.36. The molecule has 2 aromatic rings. The molecule has 3 N–H and O–H groups in total. The zero-order valence-corrected chi connectivity index (χ0v) is 10.3. The summed E-state index contributed by atoms with van der Waals surface area (Å²) in [6, 6.07) is 3.97. The molecule has 1 heterocycles. The Morgan fingerprint density at radius 3 is 3.00 bits per heavy atom. The molecule has 0 saturated heterocycles. The molecule has 0 unspecified atom stereocenters. The molecule has 0 bridgehead atoms. The molecule has 2 rings (SSSR count). The van der Waals surface area contributed by atoms with Crippen LogP contribution in [0.4, 0.5) is 11.4 Å². The van der Waals surface area contributed by atoms with Crippen molar-refractivity contribution in [2.24, 2.45) is 0 Å². The summed E-state index contributed by atoms with van der Waals surface area (Å²) in [6.07, 6.45) is 0. The lowest BCUT2D eigenvalue weighted by molar-refractivity contribution is 1.22. The van der Waals surface area contributed by atoms with Crippen LogP contribution in [0.15, 0.2) is 24.3 Å². The van der Waals surface area contributed by atoms with Gasteiger partial charge in [0.05, 0.1) is 26.6 Å². The van der Waals surface area contributed by atoms with Crippen LogP contribution in [0.1, 0.15) is 11.9 Å². The Kier molecular flexibility index (Phi) is 2.83. The van der Waals surface area contributed by atoms with Gasteiger partial charge in [0.1, 0.15) is 0 Å². The van der Waals surface area contributed by atoms with Crippen LogP contribution in [0, 0.1) is 6.92 Å². The smallest absolute Gasteiger partial charge is 0.0907 e. The van der Waals surface area contributed by atoms with Crippen molar-refractivity contribution in [3.8, 4) is 0 Å². The number of nitrogens with zero attached hydrogens (tertiary/aromatic N) is 1. The summed E-state index contributed by atoms with van der Waals surface area (Å²) in [6.45, 7) is 8.57. The van der Waals surface area contributed by atoms with Gasteiger partial charge in [0.2, 0.25) is 0 Å². The van der Waals surface area contributed by atoms with E-state index < -0.39 is 0 Å². The summed E-state index contributed by atoms with van der Waals surface area (Å²) in [5, 5.41) is 4.32. The van der Waals surface area contributed by atoms with E-state index in [2.05, 4.69) is 16.9 Å². The van der Waals surface area contributed by atoms with Gasteiger partial charge in [0, 0.05) is 6.54 Å². The maximum Gasteiger partial charge on any atom is 0.0907 e. The van der Waals surface area contributed by atoms with Crippen LogP contribution in [0.3, 0.4) is 0 Å². The third-order valence-corrected chi connectivity index (χ3v) is 3.18. The van der Waals surface area contributed by atoms with Crippen molar-refractivity contribution in [3.63, 3.8) is 0 Å². The Hall–Kier alpha value is -1.55. The van der Waals surface area contributed by atoms with Gasteiger partial charge in [0.25, 0.3) is 0 Å². The largest absolute Gasteiger partial charge is 0.397 e. The van der Waals surface area contributed by atoms with Gasteiger partial charge in [-0.3, -0.25) is 0 Å². The molecular weight excluding hydrogens is 218 g/mol. The molecular formula is C12H15N3S. The van der Waals surface area contributed by atoms with Crippen molar-refractivity contribution in [1.29, 1.82) is 0 Å². The van der Waals surface area contributed by atoms with E-state index in [1.807, 2.05) is 26.0 Å². The van der Waals surface area contributed by atoms with Crippen LogP contribution in [0.25, 0.3) is 10.2 Å². The zero-order chi connectivity index (χ0) is 11.7. The van der Waals surface area contributed by atoms with E-state index in [0.717, 1.165) is 38.7 Å². The van der Waals surface area contributed by atoms with Crippen molar-refractivity contribution >= 4 is 32.9 Å². The van der Waals surface area contributed by atoms with Crippen molar-refractivity contribution in [2.75, 3.05) is 17.6 Å². The molecule has 4 heteroatoms. The summed E-state index contributed by atoms with van der Waals surface area (Å²) in [7, 11) is 0. The highest BCUT2D eigenvalue weighted by Crippen LogP contribution is 2.29. The summed E-state index contributed by atoms with van der Waals surface area (Å²) < 4.78 is 1.14. The molecule has 0 fully saturated rings. The van der Waals surface area contributed by atoms with E-state index in [-0.39, 0.29) is 0 Å². The number of hydrogen-bond acceptors (Lipinski definition) is 4. The second-order valence-electron chi connectivity index (χ2n) is 3.95. The monoisotopic (exact) mass is 233 g/mol. The second kappa shape index (κ2) is 4.14. The van der Waals surface area contributed by atoms with Crippen LogP contribution in [0.5, 0.6) is 0 Å². The quantitative estimate of drug-likeness (QED) is 0.632. The van der Waals surface area contributed by atoms with E-state index in [0.29, 0.717) is 0 Å². The lowest BCUT2D eigenvalue weighted by Gasteiger charge is -2.08. The molecule has 0 saturated carbocycles. The predicted molar refractivity (Wildman–Crippen MR) is 72.1 cm³/mol. The Morgan fingerprint density at radius 1 is 1.56 bits per heavy atom. The van der Waals surface area contributed by atoms with E-state index in [4.69, 9.17) is 5.73 Å². The molecule has 0 aliphatic carbocycles. The fourth-order valence-electron chi connectivity index (χ4n) is 1.50. The molecule has 1 aromatic heterocycles. The molecule has 0 amide bonds. The maximum absolute atomic E-state index is 5.97. The molecule has 3 nitrogen and oxygen atoms in total. The fraction of sp³-hybridized carbons (Fsp3) is 0.250. The summed E-state index contributed by atoms with van der Waals surface area (Å²) in [5.74, 6) is 0. The first kappa shape index (κ1) is 11.0. The number of nitrogen functional groups attached to an aromatic ring is 1. The molecule has 84 valence electrons. The molecule has 0 radical (unpaired) electrons. The highest BCUT2D eigenvalue weighted by atomic mass is 32.1. The molecule has 0 aliphatic rings. The molecule has 0 aliphatic heterocycles. The van der Waals surface area contributed by atoms with Crippen LogP contribution in [-0.4, -0.2) is 11.5 Å². The Bertz CT molecular complexity index is 542. The average molecular weight is 233 g/mol. The molecule has 0 atom stereocenters. The first-order valence-electron chi connectivity index (χ1n) is 5.11. The number of benzene rings is 1. The van der Waals surface area contributed by atoms with Gasteiger partial charge in [-0.15, -0.1) is 11.3 Å². The number of fused-ring (bicyclic) bond motifs is 1. The Morgan fingerprint density at radius 2 is 2.31 bits per heavy atom. The predicted octanol–water partition coefficient (Wildman–Crippen LogP) is 3.17. The van der Waals surface area contributed by atoms with Crippen LogP contribution in [-0.2, 0) is 0 Å². The minimum atomic E-state index is 0.735. The number of rotatable bonds is 3. The third-order valence-electron chi connectivity index (χ3n) is 2.25. The summed E-state index contributed by atoms with van der Waals surface area (Å²) in [4.78, 5) is 4.44. The lowest BCUT2D eigenvalue weighted by atomic mass is 10.2. The van der Waals surface area contributed by atoms with E-state index in [1.165, 1.54) is 0 Å². The van der Waals surface area contributed by atoms with Gasteiger partial charge in [0.15, 0.2) is 0 Å². The minimum absolute atomic E-state index is 0.735. The van der Waals surface area contributed by atoms with Gasteiger partial charge < -0.3 is 11.1 Å². The third kappa shape index (κ3) is 2.17. The van der Waals surface area contributed by atoms with Crippen molar-refractivity contribution in [3.05, 3.63) is 29.3 Å². The van der Waals surface area contributed by atoms with Gasteiger partial charge >= 0.3 is 0 Å². The van der Waals surface area contributed by atoms with Crippen molar-refractivity contribution < 1.29 is 0 Å². The SMILES string of the molecule is C=C(C)CNc1cc2nc(C)sc2cc1N. The summed E-state index contributed by atoms with van der Waals surface area (Å²) in [5.41, 5.74) is 9.74. The number of nitrogens with one attached hydrogen (secondary N) is 1. The highest BCUT2D eigenvalue weighted by molar-refractivity contribution is 7.18. The standard InChI is InChI=1S/C12H15N3S/c1-7(2)6-14-10-5-11-12(4-9(10)13)16-8(3)15-11/h4-5,14H,1,6,13H2,2-3H3.